The Balaban J connectivity index is 2.39. The van der Waals surface area contributed by atoms with Crippen LogP contribution in [0.1, 0.15) is 26.2 Å². The fourth-order valence-electron chi connectivity index (χ4n) is 2.51. The predicted octanol–water partition coefficient (Wildman–Crippen LogP) is 1.29. The number of rotatable bonds is 0. The molecule has 3 saturated carbocycles. The molecule has 0 aromatic carbocycles. The van der Waals surface area contributed by atoms with E-state index in [2.05, 4.69) is 6.58 Å². The van der Waals surface area contributed by atoms with Crippen molar-refractivity contribution in [2.75, 3.05) is 0 Å². The smallest absolute Gasteiger partial charge is 0.140 e. The van der Waals surface area contributed by atoms with E-state index in [1.54, 1.807) is 0 Å². The zero-order valence-corrected chi connectivity index (χ0v) is 7.34. The summed E-state index contributed by atoms with van der Waals surface area (Å²) >= 11 is 0. The first-order valence-corrected chi connectivity index (χ1v) is 4.44. The van der Waals surface area contributed by atoms with E-state index in [4.69, 9.17) is 0 Å². The topological polar surface area (TPSA) is 37.3 Å². The molecular weight excluding hydrogens is 152 g/mol. The highest BCUT2D eigenvalue weighted by Gasteiger charge is 2.50. The molecule has 0 heterocycles. The van der Waals surface area contributed by atoms with Gasteiger partial charge in [-0.1, -0.05) is 13.5 Å². The Kier molecular flexibility index (Phi) is 1.46. The van der Waals surface area contributed by atoms with E-state index in [-0.39, 0.29) is 17.1 Å². The lowest BCUT2D eigenvalue weighted by molar-refractivity contribution is -0.135. The van der Waals surface area contributed by atoms with Gasteiger partial charge < -0.3 is 5.11 Å². The summed E-state index contributed by atoms with van der Waals surface area (Å²) in [6.45, 7) is 5.78. The highest BCUT2D eigenvalue weighted by atomic mass is 16.3. The summed E-state index contributed by atoms with van der Waals surface area (Å²) in [7, 11) is 0. The zero-order valence-electron chi connectivity index (χ0n) is 7.34. The van der Waals surface area contributed by atoms with Gasteiger partial charge in [-0.2, -0.15) is 0 Å². The van der Waals surface area contributed by atoms with Crippen LogP contribution in [-0.2, 0) is 4.79 Å². The van der Waals surface area contributed by atoms with Crippen LogP contribution in [-0.4, -0.2) is 17.0 Å². The number of hydrogen-bond acceptors (Lipinski definition) is 2. The lowest BCUT2D eigenvalue weighted by atomic mass is 9.57. The number of aliphatic hydroxyl groups is 1. The van der Waals surface area contributed by atoms with E-state index >= 15 is 0 Å². The van der Waals surface area contributed by atoms with Crippen LogP contribution < -0.4 is 0 Å². The largest absolute Gasteiger partial charge is 0.388 e. The maximum absolute atomic E-state index is 11.4. The first-order chi connectivity index (χ1) is 5.54. The summed E-state index contributed by atoms with van der Waals surface area (Å²) in [5.74, 6) is 0.237. The molecule has 2 nitrogen and oxygen atoms in total. The third-order valence-electron chi connectivity index (χ3n) is 3.43. The van der Waals surface area contributed by atoms with Crippen molar-refractivity contribution in [3.05, 3.63) is 12.2 Å². The molecule has 0 saturated heterocycles. The van der Waals surface area contributed by atoms with Crippen LogP contribution in [0.2, 0.25) is 0 Å². The number of fused-ring (bicyclic) bond motifs is 3. The van der Waals surface area contributed by atoms with Crippen LogP contribution in [0.3, 0.4) is 0 Å². The van der Waals surface area contributed by atoms with Crippen LogP contribution in [0, 0.1) is 11.3 Å². The second kappa shape index (κ2) is 2.19. The Hall–Kier alpha value is -0.630. The minimum Gasteiger partial charge on any atom is -0.388 e. The maximum Gasteiger partial charge on any atom is 0.140 e. The third-order valence-corrected chi connectivity index (χ3v) is 3.43. The number of aliphatic hydroxyl groups excluding tert-OH is 1. The van der Waals surface area contributed by atoms with Crippen LogP contribution in [0.15, 0.2) is 12.2 Å². The van der Waals surface area contributed by atoms with Crippen molar-refractivity contribution in [2.24, 2.45) is 11.3 Å². The van der Waals surface area contributed by atoms with E-state index in [9.17, 15) is 9.90 Å². The summed E-state index contributed by atoms with van der Waals surface area (Å²) in [6, 6.07) is 0. The number of Topliss-reactive ketones (excluding diaryl/α,β-unsaturated/α-hetero) is 1. The molecule has 2 heteroatoms. The molecule has 12 heavy (non-hydrogen) atoms. The van der Waals surface area contributed by atoms with Crippen molar-refractivity contribution in [1.82, 2.24) is 0 Å². The summed E-state index contributed by atoms with van der Waals surface area (Å²) in [5.41, 5.74) is 0.545. The van der Waals surface area contributed by atoms with Crippen molar-refractivity contribution in [3.63, 3.8) is 0 Å². The number of carbonyl (C=O) groups excluding carboxylic acids is 1. The monoisotopic (exact) mass is 166 g/mol. The lowest BCUT2D eigenvalue weighted by Crippen LogP contribution is -2.49. The Morgan fingerprint density at radius 2 is 2.33 bits per heavy atom. The molecule has 0 amide bonds. The second-order valence-corrected chi connectivity index (χ2v) is 4.37. The predicted molar refractivity (Wildman–Crippen MR) is 45.6 cm³/mol. The Morgan fingerprint density at radius 1 is 1.67 bits per heavy atom. The summed E-state index contributed by atoms with van der Waals surface area (Å²) in [5, 5.41) is 9.79. The van der Waals surface area contributed by atoms with Gasteiger partial charge in [-0.05, 0) is 18.4 Å². The molecule has 0 aromatic heterocycles. The van der Waals surface area contributed by atoms with E-state index < -0.39 is 6.10 Å². The third kappa shape index (κ3) is 0.816. The number of carbonyl (C=O) groups is 1. The quantitative estimate of drug-likeness (QED) is 0.551. The van der Waals surface area contributed by atoms with E-state index in [1.807, 2.05) is 6.92 Å². The van der Waals surface area contributed by atoms with Gasteiger partial charge in [0.1, 0.15) is 5.78 Å². The molecule has 0 spiro atoms. The van der Waals surface area contributed by atoms with Crippen molar-refractivity contribution in [2.45, 2.75) is 32.3 Å². The molecule has 0 aromatic rings. The summed E-state index contributed by atoms with van der Waals surface area (Å²) in [4.78, 5) is 11.4. The van der Waals surface area contributed by atoms with Crippen LogP contribution in [0.5, 0.6) is 0 Å². The molecule has 3 aliphatic carbocycles. The lowest BCUT2D eigenvalue weighted by Gasteiger charge is -2.48. The van der Waals surface area contributed by atoms with Gasteiger partial charge in [0, 0.05) is 17.8 Å². The molecule has 0 radical (unpaired) electrons. The van der Waals surface area contributed by atoms with E-state index in [0.29, 0.717) is 6.42 Å². The second-order valence-electron chi connectivity index (χ2n) is 4.37. The standard InChI is InChI=1S/C10H14O2/c1-6-7-3-4-10(2,9(6)12)5-8(7)11/h7,9,12H,1,3-5H2,2H3/t7-,9?,10-/m0/s1. The van der Waals surface area contributed by atoms with Gasteiger partial charge in [-0.15, -0.1) is 0 Å². The average Bonchev–Trinajstić information content (AvgIpc) is 1.99. The number of hydrogen-bond donors (Lipinski definition) is 1. The maximum atomic E-state index is 11.4. The van der Waals surface area contributed by atoms with Gasteiger partial charge in [0.15, 0.2) is 0 Å². The molecule has 1 N–H and O–H groups in total. The van der Waals surface area contributed by atoms with Crippen molar-refractivity contribution in [3.8, 4) is 0 Å². The highest BCUT2D eigenvalue weighted by Crippen LogP contribution is 2.50. The fraction of sp³-hybridized carbons (Fsp3) is 0.700. The first-order valence-electron chi connectivity index (χ1n) is 4.44. The summed E-state index contributed by atoms with van der Waals surface area (Å²) in [6.07, 6.45) is 1.95. The molecule has 66 valence electrons. The first kappa shape index (κ1) is 7.99. The number of ketones is 1. The Bertz CT molecular complexity index is 257. The average molecular weight is 166 g/mol. The van der Waals surface area contributed by atoms with E-state index in [0.717, 1.165) is 18.4 Å². The molecule has 3 atom stereocenters. The molecule has 2 bridgehead atoms. The molecule has 3 fully saturated rings. The molecular formula is C10H14O2. The summed E-state index contributed by atoms with van der Waals surface area (Å²) < 4.78 is 0. The van der Waals surface area contributed by atoms with Gasteiger partial charge >= 0.3 is 0 Å². The highest BCUT2D eigenvalue weighted by molar-refractivity contribution is 5.87. The van der Waals surface area contributed by atoms with Crippen molar-refractivity contribution in [1.29, 1.82) is 0 Å². The fourth-order valence-corrected chi connectivity index (χ4v) is 2.51. The molecule has 3 aliphatic rings. The van der Waals surface area contributed by atoms with Gasteiger partial charge in [0.2, 0.25) is 0 Å². The normalized spacial score (nSPS) is 46.8. The van der Waals surface area contributed by atoms with E-state index in [1.165, 1.54) is 0 Å². The van der Waals surface area contributed by atoms with Gasteiger partial charge in [-0.3, -0.25) is 4.79 Å². The zero-order chi connectivity index (χ0) is 8.93. The van der Waals surface area contributed by atoms with Gasteiger partial charge in [0.25, 0.3) is 0 Å². The van der Waals surface area contributed by atoms with Gasteiger partial charge in [0.05, 0.1) is 6.10 Å². The van der Waals surface area contributed by atoms with Crippen LogP contribution >= 0.6 is 0 Å². The minimum atomic E-state index is -0.450. The van der Waals surface area contributed by atoms with Crippen LogP contribution in [0.4, 0.5) is 0 Å². The molecule has 1 unspecified atom stereocenters. The van der Waals surface area contributed by atoms with Crippen molar-refractivity contribution < 1.29 is 9.90 Å². The Labute approximate surface area is 72.3 Å². The minimum absolute atomic E-state index is 0.0400. The molecule has 3 rings (SSSR count). The van der Waals surface area contributed by atoms with Crippen molar-refractivity contribution >= 4 is 5.78 Å². The SMILES string of the molecule is C=C1C(O)[C@@]2(C)CC[C@@H]1C(=O)C2. The molecule has 0 aliphatic heterocycles. The van der Waals surface area contributed by atoms with Gasteiger partial charge in [-0.25, -0.2) is 0 Å². The van der Waals surface area contributed by atoms with Crippen LogP contribution in [0.25, 0.3) is 0 Å². The Morgan fingerprint density at radius 3 is 2.83 bits per heavy atom.